The van der Waals surface area contributed by atoms with Crippen LogP contribution in [0.2, 0.25) is 0 Å². The largest absolute Gasteiger partial charge is 0.341 e. The molecular weight excluding hydrogens is 202 g/mol. The summed E-state index contributed by atoms with van der Waals surface area (Å²) in [6, 6.07) is 0.0474. The standard InChI is InChI=1S/C9H19N3O.ClH/c1-11-9(13)12-6-3-8(2-5-10)4-7-12;/h8H,2-7,10H2,1H3,(H,11,13);1H. The summed E-state index contributed by atoms with van der Waals surface area (Å²) in [5, 5.41) is 2.64. The number of urea groups is 1. The molecule has 3 N–H and O–H groups in total. The average molecular weight is 222 g/mol. The summed E-state index contributed by atoms with van der Waals surface area (Å²) in [5.74, 6) is 0.728. The Hall–Kier alpha value is -0.480. The molecule has 0 aliphatic carbocycles. The molecule has 0 saturated carbocycles. The van der Waals surface area contributed by atoms with Crippen LogP contribution in [-0.4, -0.2) is 37.6 Å². The smallest absolute Gasteiger partial charge is 0.317 e. The normalized spacial score (nSPS) is 17.4. The Balaban J connectivity index is 0.00000169. The van der Waals surface area contributed by atoms with Crippen LogP contribution in [-0.2, 0) is 0 Å². The van der Waals surface area contributed by atoms with Gasteiger partial charge >= 0.3 is 6.03 Å². The fraction of sp³-hybridized carbons (Fsp3) is 0.889. The Morgan fingerprint density at radius 1 is 1.50 bits per heavy atom. The minimum atomic E-state index is 0. The highest BCUT2D eigenvalue weighted by Crippen LogP contribution is 2.19. The van der Waals surface area contributed by atoms with E-state index in [1.807, 2.05) is 4.90 Å². The fourth-order valence-electron chi connectivity index (χ4n) is 1.82. The van der Waals surface area contributed by atoms with Crippen molar-refractivity contribution in [2.24, 2.45) is 11.7 Å². The zero-order valence-electron chi connectivity index (χ0n) is 8.66. The Labute approximate surface area is 91.6 Å². The number of amides is 2. The average Bonchev–Trinajstić information content (AvgIpc) is 2.18. The van der Waals surface area contributed by atoms with Gasteiger partial charge in [0.2, 0.25) is 0 Å². The SMILES string of the molecule is CNC(=O)N1CCC(CCN)CC1.Cl. The lowest BCUT2D eigenvalue weighted by Crippen LogP contribution is -2.43. The molecule has 2 amide bonds. The quantitative estimate of drug-likeness (QED) is 0.725. The van der Waals surface area contributed by atoms with Crippen molar-refractivity contribution in [2.75, 3.05) is 26.7 Å². The van der Waals surface area contributed by atoms with E-state index in [1.165, 1.54) is 0 Å². The number of carbonyl (C=O) groups excluding carboxylic acids is 1. The molecule has 1 rings (SSSR count). The first-order valence-corrected chi connectivity index (χ1v) is 4.94. The Bertz CT molecular complexity index is 169. The van der Waals surface area contributed by atoms with E-state index >= 15 is 0 Å². The van der Waals surface area contributed by atoms with Crippen LogP contribution in [0.4, 0.5) is 4.79 Å². The number of carbonyl (C=O) groups is 1. The number of nitrogens with one attached hydrogen (secondary N) is 1. The number of piperidine rings is 1. The molecule has 0 aromatic carbocycles. The zero-order valence-corrected chi connectivity index (χ0v) is 9.48. The van der Waals surface area contributed by atoms with Gasteiger partial charge in [0.25, 0.3) is 0 Å². The first-order chi connectivity index (χ1) is 6.27. The van der Waals surface area contributed by atoms with Crippen LogP contribution < -0.4 is 11.1 Å². The summed E-state index contributed by atoms with van der Waals surface area (Å²) in [6.45, 7) is 2.53. The number of rotatable bonds is 2. The molecule has 14 heavy (non-hydrogen) atoms. The fourth-order valence-corrected chi connectivity index (χ4v) is 1.82. The van der Waals surface area contributed by atoms with Gasteiger partial charge in [-0.15, -0.1) is 12.4 Å². The summed E-state index contributed by atoms with van der Waals surface area (Å²) in [6.07, 6.45) is 3.30. The van der Waals surface area contributed by atoms with E-state index in [4.69, 9.17) is 5.73 Å². The summed E-state index contributed by atoms with van der Waals surface area (Å²) < 4.78 is 0. The molecule has 0 aromatic heterocycles. The molecule has 1 aliphatic rings. The highest BCUT2D eigenvalue weighted by molar-refractivity contribution is 5.85. The second-order valence-corrected chi connectivity index (χ2v) is 3.56. The van der Waals surface area contributed by atoms with Gasteiger partial charge in [0.05, 0.1) is 0 Å². The molecule has 4 nitrogen and oxygen atoms in total. The molecule has 1 aliphatic heterocycles. The third-order valence-corrected chi connectivity index (χ3v) is 2.69. The maximum absolute atomic E-state index is 11.2. The van der Waals surface area contributed by atoms with Crippen LogP contribution in [0.15, 0.2) is 0 Å². The molecule has 0 spiro atoms. The summed E-state index contributed by atoms with van der Waals surface area (Å²) >= 11 is 0. The van der Waals surface area contributed by atoms with Crippen molar-refractivity contribution in [3.63, 3.8) is 0 Å². The number of nitrogens with two attached hydrogens (primary N) is 1. The summed E-state index contributed by atoms with van der Waals surface area (Å²) in [4.78, 5) is 13.1. The van der Waals surface area contributed by atoms with E-state index in [0.29, 0.717) is 0 Å². The van der Waals surface area contributed by atoms with Gasteiger partial charge in [-0.3, -0.25) is 0 Å². The molecule has 0 bridgehead atoms. The first kappa shape index (κ1) is 13.5. The van der Waals surface area contributed by atoms with Gasteiger partial charge in [-0.2, -0.15) is 0 Å². The summed E-state index contributed by atoms with van der Waals surface area (Å²) in [5.41, 5.74) is 5.49. The van der Waals surface area contributed by atoms with Gasteiger partial charge in [-0.1, -0.05) is 0 Å². The predicted molar refractivity (Wildman–Crippen MR) is 59.7 cm³/mol. The number of likely N-dealkylation sites (tertiary alicyclic amines) is 1. The van der Waals surface area contributed by atoms with Crippen molar-refractivity contribution >= 4 is 18.4 Å². The molecule has 1 saturated heterocycles. The Kier molecular flexibility index (Phi) is 6.66. The van der Waals surface area contributed by atoms with Crippen molar-refractivity contribution in [3.8, 4) is 0 Å². The lowest BCUT2D eigenvalue weighted by Gasteiger charge is -2.31. The van der Waals surface area contributed by atoms with Crippen LogP contribution in [0.1, 0.15) is 19.3 Å². The van der Waals surface area contributed by atoms with Gasteiger partial charge in [0, 0.05) is 20.1 Å². The van der Waals surface area contributed by atoms with Crippen molar-refractivity contribution in [1.82, 2.24) is 10.2 Å². The minimum Gasteiger partial charge on any atom is -0.341 e. The molecule has 84 valence electrons. The molecule has 0 aromatic rings. The molecular formula is C9H20ClN3O. The second-order valence-electron chi connectivity index (χ2n) is 3.56. The van der Waals surface area contributed by atoms with E-state index < -0.39 is 0 Å². The van der Waals surface area contributed by atoms with E-state index in [2.05, 4.69) is 5.32 Å². The van der Waals surface area contributed by atoms with E-state index in [0.717, 1.165) is 44.8 Å². The molecule has 0 radical (unpaired) electrons. The predicted octanol–water partition coefficient (Wildman–Crippen LogP) is 0.808. The van der Waals surface area contributed by atoms with Crippen LogP contribution in [0.3, 0.4) is 0 Å². The molecule has 1 heterocycles. The summed E-state index contributed by atoms with van der Waals surface area (Å²) in [7, 11) is 1.67. The van der Waals surface area contributed by atoms with Crippen molar-refractivity contribution in [3.05, 3.63) is 0 Å². The third-order valence-electron chi connectivity index (χ3n) is 2.69. The lowest BCUT2D eigenvalue weighted by atomic mass is 9.94. The highest BCUT2D eigenvalue weighted by atomic mass is 35.5. The van der Waals surface area contributed by atoms with Gasteiger partial charge < -0.3 is 16.0 Å². The number of hydrogen-bond donors (Lipinski definition) is 2. The van der Waals surface area contributed by atoms with Gasteiger partial charge in [-0.25, -0.2) is 4.79 Å². The van der Waals surface area contributed by atoms with Gasteiger partial charge in [0.1, 0.15) is 0 Å². The topological polar surface area (TPSA) is 58.4 Å². The monoisotopic (exact) mass is 221 g/mol. The van der Waals surface area contributed by atoms with Crippen LogP contribution >= 0.6 is 12.4 Å². The van der Waals surface area contributed by atoms with Crippen LogP contribution in [0.5, 0.6) is 0 Å². The van der Waals surface area contributed by atoms with Gasteiger partial charge in [0.15, 0.2) is 0 Å². The first-order valence-electron chi connectivity index (χ1n) is 4.94. The van der Waals surface area contributed by atoms with Gasteiger partial charge in [-0.05, 0) is 31.7 Å². The van der Waals surface area contributed by atoms with E-state index in [1.54, 1.807) is 7.05 Å². The Morgan fingerprint density at radius 3 is 2.50 bits per heavy atom. The van der Waals surface area contributed by atoms with Crippen LogP contribution in [0.25, 0.3) is 0 Å². The van der Waals surface area contributed by atoms with E-state index in [9.17, 15) is 4.79 Å². The number of halogens is 1. The minimum absolute atomic E-state index is 0. The molecule has 0 unspecified atom stereocenters. The van der Waals surface area contributed by atoms with Crippen molar-refractivity contribution in [2.45, 2.75) is 19.3 Å². The lowest BCUT2D eigenvalue weighted by molar-refractivity contribution is 0.170. The highest BCUT2D eigenvalue weighted by Gasteiger charge is 2.20. The third kappa shape index (κ3) is 3.72. The maximum atomic E-state index is 11.2. The molecule has 5 heteroatoms. The second kappa shape index (κ2) is 6.90. The zero-order chi connectivity index (χ0) is 9.68. The van der Waals surface area contributed by atoms with Crippen LogP contribution in [0, 0.1) is 5.92 Å². The van der Waals surface area contributed by atoms with Crippen molar-refractivity contribution in [1.29, 1.82) is 0 Å². The number of hydrogen-bond acceptors (Lipinski definition) is 2. The molecule has 0 atom stereocenters. The maximum Gasteiger partial charge on any atom is 0.317 e. The number of nitrogens with zero attached hydrogens (tertiary/aromatic N) is 1. The van der Waals surface area contributed by atoms with Crippen molar-refractivity contribution < 1.29 is 4.79 Å². The Morgan fingerprint density at radius 2 is 2.07 bits per heavy atom. The van der Waals surface area contributed by atoms with E-state index in [-0.39, 0.29) is 18.4 Å². The molecule has 1 fully saturated rings.